The van der Waals surface area contributed by atoms with Crippen molar-refractivity contribution in [3.05, 3.63) is 40.5 Å². The van der Waals surface area contributed by atoms with E-state index in [-0.39, 0.29) is 0 Å². The Morgan fingerprint density at radius 3 is 2.92 bits per heavy atom. The van der Waals surface area contributed by atoms with E-state index in [1.165, 1.54) is 0 Å². The van der Waals surface area contributed by atoms with Crippen LogP contribution in [0.5, 0.6) is 0 Å². The topological polar surface area (TPSA) is 30.0 Å². The number of benzene rings is 1. The summed E-state index contributed by atoms with van der Waals surface area (Å²) in [5.74, 6) is 0. The molecule has 64 valence electrons. The zero-order chi connectivity index (χ0) is 9.26. The molecule has 0 aliphatic carbocycles. The fourth-order valence-electron chi connectivity index (χ4n) is 1.24. The molecule has 0 radical (unpaired) electrons. The highest BCUT2D eigenvalue weighted by atomic mass is 79.9. The molecule has 0 saturated carbocycles. The van der Waals surface area contributed by atoms with Crippen LogP contribution in [0.15, 0.2) is 34.9 Å². The van der Waals surface area contributed by atoms with Crippen molar-refractivity contribution in [1.29, 1.82) is 0 Å². The summed E-state index contributed by atoms with van der Waals surface area (Å²) in [7, 11) is 0. The van der Waals surface area contributed by atoms with Gasteiger partial charge in [0, 0.05) is 21.6 Å². The molecule has 1 heterocycles. The van der Waals surface area contributed by atoms with Crippen LogP contribution in [0.1, 0.15) is 10.4 Å². The van der Waals surface area contributed by atoms with E-state index in [2.05, 4.69) is 20.9 Å². The molecule has 2 aromatic rings. The lowest BCUT2D eigenvalue weighted by atomic mass is 10.1. The summed E-state index contributed by atoms with van der Waals surface area (Å²) < 4.78 is 0.955. The van der Waals surface area contributed by atoms with Crippen molar-refractivity contribution < 1.29 is 4.79 Å². The number of aromatic nitrogens is 1. The molecule has 2 nitrogen and oxygen atoms in total. The summed E-state index contributed by atoms with van der Waals surface area (Å²) in [6, 6.07) is 7.39. The molecule has 0 atom stereocenters. The van der Waals surface area contributed by atoms with Gasteiger partial charge in [0.1, 0.15) is 0 Å². The van der Waals surface area contributed by atoms with Crippen LogP contribution >= 0.6 is 15.9 Å². The van der Waals surface area contributed by atoms with Gasteiger partial charge in [-0.15, -0.1) is 0 Å². The van der Waals surface area contributed by atoms with Crippen LogP contribution < -0.4 is 0 Å². The number of halogens is 1. The van der Waals surface area contributed by atoms with Crippen LogP contribution in [-0.2, 0) is 0 Å². The first kappa shape index (κ1) is 8.38. The molecule has 0 bridgehead atoms. The third-order valence-electron chi connectivity index (χ3n) is 1.86. The molecule has 1 aromatic carbocycles. The maximum Gasteiger partial charge on any atom is 0.150 e. The lowest BCUT2D eigenvalue weighted by molar-refractivity contribution is 0.112. The second-order valence-corrected chi connectivity index (χ2v) is 3.60. The van der Waals surface area contributed by atoms with Crippen molar-refractivity contribution in [2.24, 2.45) is 0 Å². The van der Waals surface area contributed by atoms with Crippen LogP contribution in [0.4, 0.5) is 0 Å². The number of rotatable bonds is 1. The summed E-state index contributed by atoms with van der Waals surface area (Å²) in [5.41, 5.74) is 1.51. The Hall–Kier alpha value is -1.22. The highest BCUT2D eigenvalue weighted by Gasteiger charge is 2.00. The van der Waals surface area contributed by atoms with Gasteiger partial charge in [0.05, 0.1) is 5.52 Å². The Morgan fingerprint density at radius 2 is 2.15 bits per heavy atom. The molecule has 0 fully saturated rings. The van der Waals surface area contributed by atoms with E-state index in [0.29, 0.717) is 5.56 Å². The highest BCUT2D eigenvalue weighted by molar-refractivity contribution is 9.10. The number of hydrogen-bond donors (Lipinski definition) is 0. The number of carbonyl (C=O) groups excluding carboxylic acids is 1. The molecule has 2 rings (SSSR count). The molecular formula is C10H6BrNO. The molecule has 0 aliphatic heterocycles. The predicted octanol–water partition coefficient (Wildman–Crippen LogP) is 2.81. The number of hydrogen-bond acceptors (Lipinski definition) is 2. The molecule has 0 saturated heterocycles. The van der Waals surface area contributed by atoms with Crippen molar-refractivity contribution in [3.63, 3.8) is 0 Å². The molecule has 0 amide bonds. The molecule has 0 N–H and O–H groups in total. The average molecular weight is 236 g/mol. The van der Waals surface area contributed by atoms with Gasteiger partial charge in [0.2, 0.25) is 0 Å². The van der Waals surface area contributed by atoms with Gasteiger partial charge in [0.25, 0.3) is 0 Å². The fourth-order valence-corrected chi connectivity index (χ4v) is 1.60. The summed E-state index contributed by atoms with van der Waals surface area (Å²) in [5, 5.41) is 0.881. The molecule has 13 heavy (non-hydrogen) atoms. The standard InChI is InChI=1S/C10H6BrNO/c11-8-1-2-10-9(5-8)7(6-13)3-4-12-10/h1-6H. The van der Waals surface area contributed by atoms with Crippen molar-refractivity contribution in [3.8, 4) is 0 Å². The maximum absolute atomic E-state index is 10.7. The van der Waals surface area contributed by atoms with Gasteiger partial charge in [-0.05, 0) is 24.3 Å². The van der Waals surface area contributed by atoms with Crippen LogP contribution in [-0.4, -0.2) is 11.3 Å². The third kappa shape index (κ3) is 1.47. The van der Waals surface area contributed by atoms with Gasteiger partial charge in [-0.2, -0.15) is 0 Å². The van der Waals surface area contributed by atoms with Gasteiger partial charge in [-0.25, -0.2) is 0 Å². The van der Waals surface area contributed by atoms with Gasteiger partial charge in [0.15, 0.2) is 6.29 Å². The number of nitrogens with zero attached hydrogens (tertiary/aromatic N) is 1. The van der Waals surface area contributed by atoms with Gasteiger partial charge < -0.3 is 0 Å². The quantitative estimate of drug-likeness (QED) is 0.712. The maximum atomic E-state index is 10.7. The second kappa shape index (κ2) is 3.26. The lowest BCUT2D eigenvalue weighted by Crippen LogP contribution is -1.85. The fraction of sp³-hybridized carbons (Fsp3) is 0. The van der Waals surface area contributed by atoms with Crippen LogP contribution in [0, 0.1) is 0 Å². The molecule has 0 spiro atoms. The van der Waals surface area contributed by atoms with E-state index in [9.17, 15) is 4.79 Å². The molecule has 0 unspecified atom stereocenters. The number of carbonyl (C=O) groups is 1. The van der Waals surface area contributed by atoms with E-state index >= 15 is 0 Å². The van der Waals surface area contributed by atoms with Gasteiger partial charge in [-0.1, -0.05) is 15.9 Å². The summed E-state index contributed by atoms with van der Waals surface area (Å²) >= 11 is 3.35. The Kier molecular flexibility index (Phi) is 2.10. The first-order chi connectivity index (χ1) is 6.31. The summed E-state index contributed by atoms with van der Waals surface area (Å²) in [6.07, 6.45) is 2.48. The van der Waals surface area contributed by atoms with Gasteiger partial charge >= 0.3 is 0 Å². The highest BCUT2D eigenvalue weighted by Crippen LogP contribution is 2.20. The van der Waals surface area contributed by atoms with E-state index in [4.69, 9.17) is 0 Å². The zero-order valence-corrected chi connectivity index (χ0v) is 8.28. The van der Waals surface area contributed by atoms with E-state index in [0.717, 1.165) is 21.7 Å². The van der Waals surface area contributed by atoms with Crippen molar-refractivity contribution >= 4 is 33.1 Å². The number of fused-ring (bicyclic) bond motifs is 1. The zero-order valence-electron chi connectivity index (χ0n) is 6.70. The Bertz CT molecular complexity index is 467. The molecule has 3 heteroatoms. The molecule has 0 aliphatic rings. The summed E-state index contributed by atoms with van der Waals surface area (Å²) in [4.78, 5) is 14.8. The largest absolute Gasteiger partial charge is 0.298 e. The van der Waals surface area contributed by atoms with E-state index in [1.54, 1.807) is 12.3 Å². The SMILES string of the molecule is O=Cc1ccnc2ccc(Br)cc12. The Morgan fingerprint density at radius 1 is 1.31 bits per heavy atom. The first-order valence-electron chi connectivity index (χ1n) is 3.81. The van der Waals surface area contributed by atoms with Crippen LogP contribution in [0.2, 0.25) is 0 Å². The number of aldehydes is 1. The first-order valence-corrected chi connectivity index (χ1v) is 4.60. The molecule has 1 aromatic heterocycles. The predicted molar refractivity (Wildman–Crippen MR) is 54.8 cm³/mol. The monoisotopic (exact) mass is 235 g/mol. The van der Waals surface area contributed by atoms with Crippen molar-refractivity contribution in [1.82, 2.24) is 4.98 Å². The minimum absolute atomic E-state index is 0.673. The Labute approximate surface area is 83.7 Å². The van der Waals surface area contributed by atoms with Crippen LogP contribution in [0.3, 0.4) is 0 Å². The third-order valence-corrected chi connectivity index (χ3v) is 2.36. The minimum atomic E-state index is 0.673. The van der Waals surface area contributed by atoms with Crippen molar-refractivity contribution in [2.45, 2.75) is 0 Å². The van der Waals surface area contributed by atoms with E-state index < -0.39 is 0 Å². The molecular weight excluding hydrogens is 230 g/mol. The van der Waals surface area contributed by atoms with E-state index in [1.807, 2.05) is 18.2 Å². The Balaban J connectivity index is 2.86. The minimum Gasteiger partial charge on any atom is -0.298 e. The van der Waals surface area contributed by atoms with Crippen LogP contribution in [0.25, 0.3) is 10.9 Å². The average Bonchev–Trinajstić information content (AvgIpc) is 2.17. The van der Waals surface area contributed by atoms with Crippen molar-refractivity contribution in [2.75, 3.05) is 0 Å². The summed E-state index contributed by atoms with van der Waals surface area (Å²) in [6.45, 7) is 0. The number of pyridine rings is 1. The second-order valence-electron chi connectivity index (χ2n) is 2.68. The van der Waals surface area contributed by atoms with Gasteiger partial charge in [-0.3, -0.25) is 9.78 Å². The smallest absolute Gasteiger partial charge is 0.150 e. The lowest BCUT2D eigenvalue weighted by Gasteiger charge is -1.99. The normalized spacial score (nSPS) is 10.2.